The van der Waals surface area contributed by atoms with Crippen LogP contribution >= 0.6 is 0 Å². The summed E-state index contributed by atoms with van der Waals surface area (Å²) >= 11 is 0. The van der Waals surface area contributed by atoms with Gasteiger partial charge in [-0.25, -0.2) is 14.8 Å². The molecule has 1 saturated carbocycles. The van der Waals surface area contributed by atoms with Crippen LogP contribution < -0.4 is 4.74 Å². The van der Waals surface area contributed by atoms with Gasteiger partial charge in [-0.1, -0.05) is 18.2 Å². The number of carbonyl (C=O) groups excluding carboxylic acids is 1. The lowest BCUT2D eigenvalue weighted by Crippen LogP contribution is -2.15. The maximum absolute atomic E-state index is 11.6. The zero-order chi connectivity index (χ0) is 16.3. The van der Waals surface area contributed by atoms with Crippen molar-refractivity contribution in [3.8, 4) is 5.75 Å². The predicted molar refractivity (Wildman–Crippen MR) is 85.6 cm³/mol. The van der Waals surface area contributed by atoms with Crippen molar-refractivity contribution in [1.82, 2.24) is 9.97 Å². The Hall–Kier alpha value is -2.43. The summed E-state index contributed by atoms with van der Waals surface area (Å²) in [6.45, 7) is 2.12. The molecule has 5 nitrogen and oxygen atoms in total. The van der Waals surface area contributed by atoms with Crippen molar-refractivity contribution in [2.45, 2.75) is 31.6 Å². The molecule has 1 aromatic carbocycles. The van der Waals surface area contributed by atoms with Gasteiger partial charge in [-0.05, 0) is 25.8 Å². The van der Waals surface area contributed by atoms with Gasteiger partial charge < -0.3 is 9.47 Å². The summed E-state index contributed by atoms with van der Waals surface area (Å²) in [6.07, 6.45) is 6.01. The molecule has 5 heteroatoms. The number of nitrogens with zero attached hydrogens (tertiary/aromatic N) is 2. The summed E-state index contributed by atoms with van der Waals surface area (Å²) in [4.78, 5) is 20.3. The number of hydrogen-bond donors (Lipinski definition) is 0. The SMILES string of the molecule is CCOC(=O)c1cnc(CC2(c3ccccc3OC)CC2)nc1. The molecule has 1 aliphatic rings. The van der Waals surface area contributed by atoms with Crippen LogP contribution in [0.15, 0.2) is 36.7 Å². The van der Waals surface area contributed by atoms with Crippen LogP contribution in [-0.4, -0.2) is 29.7 Å². The first kappa shape index (κ1) is 15.5. The van der Waals surface area contributed by atoms with Crippen LogP contribution in [0.25, 0.3) is 0 Å². The Morgan fingerprint density at radius 1 is 1.22 bits per heavy atom. The number of aromatic nitrogens is 2. The Labute approximate surface area is 135 Å². The van der Waals surface area contributed by atoms with Gasteiger partial charge in [-0.3, -0.25) is 0 Å². The number of para-hydroxylation sites is 1. The molecule has 0 aliphatic heterocycles. The molecular weight excluding hydrogens is 292 g/mol. The monoisotopic (exact) mass is 312 g/mol. The van der Waals surface area contributed by atoms with Crippen molar-refractivity contribution >= 4 is 5.97 Å². The summed E-state index contributed by atoms with van der Waals surface area (Å²) in [6, 6.07) is 8.10. The van der Waals surface area contributed by atoms with E-state index in [1.54, 1.807) is 26.4 Å². The van der Waals surface area contributed by atoms with Gasteiger partial charge in [0.1, 0.15) is 11.6 Å². The number of ether oxygens (including phenoxy) is 2. The summed E-state index contributed by atoms with van der Waals surface area (Å²) in [5.74, 6) is 1.26. The molecule has 1 fully saturated rings. The number of esters is 1. The van der Waals surface area contributed by atoms with E-state index in [1.807, 2.05) is 18.2 Å². The highest BCUT2D eigenvalue weighted by molar-refractivity contribution is 5.88. The van der Waals surface area contributed by atoms with E-state index in [1.165, 1.54) is 5.56 Å². The summed E-state index contributed by atoms with van der Waals surface area (Å²) in [5, 5.41) is 0. The zero-order valence-corrected chi connectivity index (χ0v) is 13.4. The fourth-order valence-corrected chi connectivity index (χ4v) is 2.84. The number of carbonyl (C=O) groups is 1. The average Bonchev–Trinajstić information content (AvgIpc) is 3.36. The van der Waals surface area contributed by atoms with Crippen molar-refractivity contribution in [3.05, 3.63) is 53.6 Å². The number of hydrogen-bond acceptors (Lipinski definition) is 5. The fourth-order valence-electron chi connectivity index (χ4n) is 2.84. The third-order valence-corrected chi connectivity index (χ3v) is 4.24. The highest BCUT2D eigenvalue weighted by Crippen LogP contribution is 2.52. The molecule has 0 N–H and O–H groups in total. The maximum Gasteiger partial charge on any atom is 0.341 e. The first-order valence-electron chi connectivity index (χ1n) is 7.80. The molecule has 2 aromatic rings. The molecule has 0 amide bonds. The number of rotatable bonds is 6. The molecule has 3 rings (SSSR count). The second kappa shape index (κ2) is 6.36. The molecule has 1 aliphatic carbocycles. The van der Waals surface area contributed by atoms with E-state index in [4.69, 9.17) is 9.47 Å². The molecule has 23 heavy (non-hydrogen) atoms. The lowest BCUT2D eigenvalue weighted by Gasteiger charge is -2.18. The van der Waals surface area contributed by atoms with E-state index >= 15 is 0 Å². The Bertz CT molecular complexity index is 694. The molecule has 0 bridgehead atoms. The molecule has 1 aromatic heterocycles. The predicted octanol–water partition coefficient (Wildman–Crippen LogP) is 2.94. The summed E-state index contributed by atoms with van der Waals surface area (Å²) < 4.78 is 10.4. The molecular formula is C18H20N2O3. The van der Waals surface area contributed by atoms with Gasteiger partial charge in [-0.15, -0.1) is 0 Å². The fraction of sp³-hybridized carbons (Fsp3) is 0.389. The quantitative estimate of drug-likeness (QED) is 0.768. The van der Waals surface area contributed by atoms with Gasteiger partial charge >= 0.3 is 5.97 Å². The van der Waals surface area contributed by atoms with Gasteiger partial charge in [-0.2, -0.15) is 0 Å². The van der Waals surface area contributed by atoms with E-state index in [2.05, 4.69) is 16.0 Å². The minimum atomic E-state index is -0.384. The lowest BCUT2D eigenvalue weighted by molar-refractivity contribution is 0.0525. The van der Waals surface area contributed by atoms with Crippen molar-refractivity contribution in [2.24, 2.45) is 0 Å². The largest absolute Gasteiger partial charge is 0.496 e. The van der Waals surface area contributed by atoms with E-state index in [0.717, 1.165) is 30.8 Å². The van der Waals surface area contributed by atoms with Crippen LogP contribution in [0.1, 0.15) is 41.5 Å². The van der Waals surface area contributed by atoms with Gasteiger partial charge in [0.2, 0.25) is 0 Å². The molecule has 0 atom stereocenters. The lowest BCUT2D eigenvalue weighted by atomic mass is 9.91. The minimum absolute atomic E-state index is 0.0536. The molecule has 0 radical (unpaired) electrons. The van der Waals surface area contributed by atoms with Gasteiger partial charge in [0, 0.05) is 29.8 Å². The normalized spacial score (nSPS) is 15.0. The van der Waals surface area contributed by atoms with E-state index in [0.29, 0.717) is 12.2 Å². The van der Waals surface area contributed by atoms with Crippen molar-refractivity contribution < 1.29 is 14.3 Å². The van der Waals surface area contributed by atoms with Crippen molar-refractivity contribution in [2.75, 3.05) is 13.7 Å². The van der Waals surface area contributed by atoms with Crippen LogP contribution in [0, 0.1) is 0 Å². The molecule has 0 unspecified atom stereocenters. The Morgan fingerprint density at radius 2 is 1.91 bits per heavy atom. The Morgan fingerprint density at radius 3 is 2.52 bits per heavy atom. The van der Waals surface area contributed by atoms with Crippen LogP contribution in [0.5, 0.6) is 5.75 Å². The number of methoxy groups -OCH3 is 1. The molecule has 120 valence electrons. The highest BCUT2D eigenvalue weighted by atomic mass is 16.5. The Balaban J connectivity index is 1.78. The van der Waals surface area contributed by atoms with E-state index in [-0.39, 0.29) is 11.4 Å². The van der Waals surface area contributed by atoms with Gasteiger partial charge in [0.15, 0.2) is 0 Å². The van der Waals surface area contributed by atoms with Crippen molar-refractivity contribution in [1.29, 1.82) is 0 Å². The number of benzene rings is 1. The van der Waals surface area contributed by atoms with E-state index in [9.17, 15) is 4.79 Å². The summed E-state index contributed by atoms with van der Waals surface area (Å²) in [5.41, 5.74) is 1.65. The molecule has 0 saturated heterocycles. The standard InChI is InChI=1S/C18H20N2O3/c1-3-23-17(21)13-11-19-16(20-12-13)10-18(8-9-18)14-6-4-5-7-15(14)22-2/h4-7,11-12H,3,8-10H2,1-2H3. The topological polar surface area (TPSA) is 61.3 Å². The van der Waals surface area contributed by atoms with Crippen LogP contribution in [0.4, 0.5) is 0 Å². The first-order chi connectivity index (χ1) is 11.2. The van der Waals surface area contributed by atoms with Crippen LogP contribution in [0.2, 0.25) is 0 Å². The smallest absolute Gasteiger partial charge is 0.341 e. The minimum Gasteiger partial charge on any atom is -0.496 e. The average molecular weight is 312 g/mol. The molecule has 1 heterocycles. The van der Waals surface area contributed by atoms with Gasteiger partial charge in [0.05, 0.1) is 19.3 Å². The van der Waals surface area contributed by atoms with Crippen molar-refractivity contribution in [3.63, 3.8) is 0 Å². The molecule has 0 spiro atoms. The highest BCUT2D eigenvalue weighted by Gasteiger charge is 2.46. The van der Waals surface area contributed by atoms with Crippen LogP contribution in [-0.2, 0) is 16.6 Å². The van der Waals surface area contributed by atoms with E-state index < -0.39 is 0 Å². The van der Waals surface area contributed by atoms with Gasteiger partial charge in [0.25, 0.3) is 0 Å². The maximum atomic E-state index is 11.6. The third-order valence-electron chi connectivity index (χ3n) is 4.24. The first-order valence-corrected chi connectivity index (χ1v) is 7.80. The summed E-state index contributed by atoms with van der Waals surface area (Å²) in [7, 11) is 1.69. The second-order valence-corrected chi connectivity index (χ2v) is 5.77. The second-order valence-electron chi connectivity index (χ2n) is 5.77. The Kier molecular flexibility index (Phi) is 4.28. The van der Waals surface area contributed by atoms with Crippen LogP contribution in [0.3, 0.4) is 0 Å². The third kappa shape index (κ3) is 3.18. The zero-order valence-electron chi connectivity index (χ0n) is 13.4.